The van der Waals surface area contributed by atoms with E-state index in [2.05, 4.69) is 59.4 Å². The van der Waals surface area contributed by atoms with Crippen LogP contribution in [-0.2, 0) is 4.74 Å². The Kier molecular flexibility index (Phi) is 11.5. The van der Waals surface area contributed by atoms with Gasteiger partial charge in [-0.2, -0.15) is 0 Å². The van der Waals surface area contributed by atoms with E-state index in [9.17, 15) is 0 Å². The number of nitrogens with zero attached hydrogens (tertiary/aromatic N) is 3. The van der Waals surface area contributed by atoms with E-state index in [0.717, 1.165) is 70.7 Å². The van der Waals surface area contributed by atoms with E-state index < -0.39 is 0 Å². The van der Waals surface area contributed by atoms with Crippen LogP contribution in [0.5, 0.6) is 5.75 Å². The van der Waals surface area contributed by atoms with Crippen LogP contribution in [-0.4, -0.2) is 87.4 Å². The van der Waals surface area contributed by atoms with Crippen molar-refractivity contribution < 1.29 is 9.47 Å². The molecule has 0 amide bonds. The van der Waals surface area contributed by atoms with Crippen molar-refractivity contribution in [3.63, 3.8) is 0 Å². The minimum atomic E-state index is 0. The van der Waals surface area contributed by atoms with Crippen molar-refractivity contribution in [2.45, 2.75) is 45.2 Å². The second-order valence-corrected chi connectivity index (χ2v) is 9.02. The lowest BCUT2D eigenvalue weighted by Crippen LogP contribution is -2.52. The molecule has 2 heterocycles. The number of likely N-dealkylation sites (tertiary alicyclic amines) is 1. The highest BCUT2D eigenvalue weighted by atomic mass is 127. The lowest BCUT2D eigenvalue weighted by Gasteiger charge is -2.40. The molecule has 0 bridgehead atoms. The van der Waals surface area contributed by atoms with Crippen LogP contribution in [0.25, 0.3) is 0 Å². The summed E-state index contributed by atoms with van der Waals surface area (Å²) >= 11 is 0. The first-order valence-corrected chi connectivity index (χ1v) is 11.8. The lowest BCUT2D eigenvalue weighted by molar-refractivity contribution is -0.00684. The van der Waals surface area contributed by atoms with E-state index in [1.54, 1.807) is 7.11 Å². The van der Waals surface area contributed by atoms with Gasteiger partial charge < -0.3 is 20.1 Å². The maximum absolute atomic E-state index is 5.52. The molecule has 0 spiro atoms. The molecule has 2 aliphatic rings. The number of rotatable bonds is 9. The second-order valence-electron chi connectivity index (χ2n) is 9.02. The Morgan fingerprint density at radius 3 is 2.53 bits per heavy atom. The van der Waals surface area contributed by atoms with E-state index in [4.69, 9.17) is 14.5 Å². The first-order valence-electron chi connectivity index (χ1n) is 11.8. The Labute approximate surface area is 211 Å². The van der Waals surface area contributed by atoms with Gasteiger partial charge in [-0.3, -0.25) is 14.8 Å². The molecular formula is C24H42IN5O2. The summed E-state index contributed by atoms with van der Waals surface area (Å²) in [5, 5.41) is 7.05. The summed E-state index contributed by atoms with van der Waals surface area (Å²) in [7, 11) is 1.73. The highest BCUT2D eigenvalue weighted by Crippen LogP contribution is 2.27. The summed E-state index contributed by atoms with van der Waals surface area (Å²) in [5.74, 6) is 1.80. The predicted octanol–water partition coefficient (Wildman–Crippen LogP) is 3.12. The van der Waals surface area contributed by atoms with Gasteiger partial charge >= 0.3 is 0 Å². The molecule has 1 atom stereocenters. The number of guanidine groups is 1. The van der Waals surface area contributed by atoms with Crippen molar-refractivity contribution in [1.82, 2.24) is 20.4 Å². The monoisotopic (exact) mass is 559 g/mol. The van der Waals surface area contributed by atoms with E-state index >= 15 is 0 Å². The molecule has 182 valence electrons. The minimum Gasteiger partial charge on any atom is -0.497 e. The Hall–Kier alpha value is -1.10. The number of nitrogens with one attached hydrogen (secondary N) is 2. The Balaban J connectivity index is 0.00000363. The number of halogens is 1. The van der Waals surface area contributed by atoms with Gasteiger partial charge in [0.2, 0.25) is 0 Å². The molecule has 7 nitrogen and oxygen atoms in total. The number of benzene rings is 1. The summed E-state index contributed by atoms with van der Waals surface area (Å²) < 4.78 is 11.0. The third-order valence-electron chi connectivity index (χ3n) is 6.36. The van der Waals surface area contributed by atoms with Gasteiger partial charge in [-0.05, 0) is 64.4 Å². The average molecular weight is 560 g/mol. The number of hydrogen-bond acceptors (Lipinski definition) is 5. The molecule has 1 aromatic rings. The molecule has 2 saturated heterocycles. The van der Waals surface area contributed by atoms with E-state index in [0.29, 0.717) is 6.04 Å². The van der Waals surface area contributed by atoms with Gasteiger partial charge in [-0.25, -0.2) is 0 Å². The van der Waals surface area contributed by atoms with Gasteiger partial charge in [0, 0.05) is 31.7 Å². The normalized spacial score (nSPS) is 19.3. The van der Waals surface area contributed by atoms with Crippen molar-refractivity contribution in [1.29, 1.82) is 0 Å². The first-order chi connectivity index (χ1) is 15.0. The van der Waals surface area contributed by atoms with Crippen molar-refractivity contribution in [3.8, 4) is 5.75 Å². The standard InChI is InChI=1S/C24H41N5O2.HI/c1-5-25-23(27-19-24(2,3)29-13-15-31-16-14-29)26-18-22(28-11-6-7-12-28)20-9-8-10-21(17-20)30-4;/h8-10,17,22H,5-7,11-16,18-19H2,1-4H3,(H2,25,26,27);1H. The third-order valence-corrected chi connectivity index (χ3v) is 6.36. The Morgan fingerprint density at radius 1 is 1.16 bits per heavy atom. The molecule has 8 heteroatoms. The molecule has 0 saturated carbocycles. The van der Waals surface area contributed by atoms with Crippen molar-refractivity contribution >= 4 is 29.9 Å². The fourth-order valence-electron chi connectivity index (χ4n) is 4.44. The van der Waals surface area contributed by atoms with Gasteiger partial charge in [0.05, 0.1) is 32.9 Å². The van der Waals surface area contributed by atoms with Gasteiger partial charge in [0.25, 0.3) is 0 Å². The van der Waals surface area contributed by atoms with E-state index in [1.807, 2.05) is 6.07 Å². The SMILES string of the molecule is CCNC(=NCC(C)(C)N1CCOCC1)NCC(c1cccc(OC)c1)N1CCCC1.I. The molecule has 2 aliphatic heterocycles. The summed E-state index contributed by atoms with van der Waals surface area (Å²) in [6, 6.07) is 8.77. The van der Waals surface area contributed by atoms with Crippen LogP contribution in [0.2, 0.25) is 0 Å². The van der Waals surface area contributed by atoms with Crippen LogP contribution < -0.4 is 15.4 Å². The maximum atomic E-state index is 5.52. The number of hydrogen-bond donors (Lipinski definition) is 2. The van der Waals surface area contributed by atoms with E-state index in [-0.39, 0.29) is 29.5 Å². The topological polar surface area (TPSA) is 61.4 Å². The fourth-order valence-corrected chi connectivity index (χ4v) is 4.44. The van der Waals surface area contributed by atoms with Gasteiger partial charge in [0.1, 0.15) is 5.75 Å². The maximum Gasteiger partial charge on any atom is 0.191 e. The Morgan fingerprint density at radius 2 is 1.88 bits per heavy atom. The second kappa shape index (κ2) is 13.6. The van der Waals surface area contributed by atoms with Crippen LogP contribution in [0.4, 0.5) is 0 Å². The highest BCUT2D eigenvalue weighted by molar-refractivity contribution is 14.0. The van der Waals surface area contributed by atoms with Crippen LogP contribution >= 0.6 is 24.0 Å². The first kappa shape index (κ1) is 27.1. The quantitative estimate of drug-likeness (QED) is 0.276. The molecule has 0 aromatic heterocycles. The zero-order valence-corrected chi connectivity index (χ0v) is 22.6. The zero-order chi connectivity index (χ0) is 22.1. The van der Waals surface area contributed by atoms with Crippen molar-refractivity contribution in [2.75, 3.05) is 66.1 Å². The predicted molar refractivity (Wildman–Crippen MR) is 142 cm³/mol. The Bertz CT molecular complexity index is 703. The van der Waals surface area contributed by atoms with Crippen LogP contribution in [0, 0.1) is 0 Å². The van der Waals surface area contributed by atoms with Crippen molar-refractivity contribution in [2.24, 2.45) is 4.99 Å². The molecular weight excluding hydrogens is 517 g/mol. The van der Waals surface area contributed by atoms with Crippen LogP contribution in [0.15, 0.2) is 29.3 Å². The summed E-state index contributed by atoms with van der Waals surface area (Å²) in [6.45, 7) is 14.9. The molecule has 0 radical (unpaired) electrons. The lowest BCUT2D eigenvalue weighted by atomic mass is 10.0. The zero-order valence-electron chi connectivity index (χ0n) is 20.2. The van der Waals surface area contributed by atoms with Crippen LogP contribution in [0.3, 0.4) is 0 Å². The molecule has 2 fully saturated rings. The largest absolute Gasteiger partial charge is 0.497 e. The van der Waals surface area contributed by atoms with Gasteiger partial charge in [-0.15, -0.1) is 24.0 Å². The number of aliphatic imine (C=N–C) groups is 1. The van der Waals surface area contributed by atoms with E-state index in [1.165, 1.54) is 18.4 Å². The van der Waals surface area contributed by atoms with Gasteiger partial charge in [0.15, 0.2) is 5.96 Å². The highest BCUT2D eigenvalue weighted by Gasteiger charge is 2.28. The smallest absolute Gasteiger partial charge is 0.191 e. The molecule has 0 aliphatic carbocycles. The average Bonchev–Trinajstić information content (AvgIpc) is 3.33. The summed E-state index contributed by atoms with van der Waals surface area (Å²) in [6.07, 6.45) is 2.53. The molecule has 2 N–H and O–H groups in total. The van der Waals surface area contributed by atoms with Crippen molar-refractivity contribution in [3.05, 3.63) is 29.8 Å². The fraction of sp³-hybridized carbons (Fsp3) is 0.708. The number of morpholine rings is 1. The van der Waals surface area contributed by atoms with Gasteiger partial charge in [-0.1, -0.05) is 12.1 Å². The molecule has 1 unspecified atom stereocenters. The number of ether oxygens (including phenoxy) is 2. The summed E-state index contributed by atoms with van der Waals surface area (Å²) in [5.41, 5.74) is 1.30. The minimum absolute atomic E-state index is 0. The van der Waals surface area contributed by atoms with Crippen LogP contribution in [0.1, 0.15) is 45.2 Å². The molecule has 3 rings (SSSR count). The molecule has 1 aromatic carbocycles. The number of methoxy groups -OCH3 is 1. The third kappa shape index (κ3) is 7.74. The molecule has 32 heavy (non-hydrogen) atoms. The summed E-state index contributed by atoms with van der Waals surface area (Å²) in [4.78, 5) is 10.0.